The molecule has 2 aliphatic carbocycles. The Morgan fingerprint density at radius 1 is 1.16 bits per heavy atom. The molecule has 194 valence electrons. The van der Waals surface area contributed by atoms with Gasteiger partial charge in [-0.15, -0.1) is 0 Å². The first-order valence-electron chi connectivity index (χ1n) is 12.1. The van der Waals surface area contributed by atoms with Crippen molar-refractivity contribution in [3.8, 4) is 22.8 Å². The first-order valence-corrected chi connectivity index (χ1v) is 14.2. The van der Waals surface area contributed by atoms with Crippen LogP contribution in [-0.4, -0.2) is 43.1 Å². The van der Waals surface area contributed by atoms with E-state index >= 15 is 0 Å². The van der Waals surface area contributed by atoms with Gasteiger partial charge in [0.2, 0.25) is 5.88 Å². The number of nitrogens with zero attached hydrogens (tertiary/aromatic N) is 1. The van der Waals surface area contributed by atoms with E-state index in [1.165, 1.54) is 12.3 Å². The standard InChI is InChI=1S/C28H28FNO6S/c1-16-10-25(35-8-3-9-37(2,33)34)30-14-23(16)17-4-7-24(29)19(11-17)15-36-20-5-6-21-18(12-20)13-22-26(21)27(22)28(31)32/h4-7,10-12,14,22,26-27H,3,8-9,13,15H2,1-2H3,(H,31,32)/t22-,26?,27+/m1/s1. The summed E-state index contributed by atoms with van der Waals surface area (Å²) in [4.78, 5) is 15.6. The van der Waals surface area contributed by atoms with Crippen molar-refractivity contribution in [2.45, 2.75) is 32.3 Å². The number of rotatable bonds is 10. The minimum atomic E-state index is -3.03. The predicted octanol–water partition coefficient (Wildman–Crippen LogP) is 4.56. The summed E-state index contributed by atoms with van der Waals surface area (Å²) in [5.41, 5.74) is 5.12. The van der Waals surface area contributed by atoms with Crippen molar-refractivity contribution in [1.82, 2.24) is 4.98 Å². The third-order valence-electron chi connectivity index (χ3n) is 7.13. The molecule has 0 bridgehead atoms. The largest absolute Gasteiger partial charge is 0.489 e. The fourth-order valence-corrected chi connectivity index (χ4v) is 5.88. The lowest BCUT2D eigenvalue weighted by atomic mass is 10.0. The fraction of sp³-hybridized carbons (Fsp3) is 0.357. The van der Waals surface area contributed by atoms with Crippen LogP contribution in [0.1, 0.15) is 34.6 Å². The molecule has 9 heteroatoms. The summed E-state index contributed by atoms with van der Waals surface area (Å²) in [7, 11) is -3.03. The zero-order chi connectivity index (χ0) is 26.3. The number of aryl methyl sites for hydroxylation is 1. The van der Waals surface area contributed by atoms with E-state index in [2.05, 4.69) is 4.98 Å². The lowest BCUT2D eigenvalue weighted by Gasteiger charge is -2.13. The van der Waals surface area contributed by atoms with Crippen LogP contribution in [-0.2, 0) is 27.7 Å². The number of fused-ring (bicyclic) bond motifs is 3. The molecule has 3 aromatic rings. The molecule has 1 heterocycles. The summed E-state index contributed by atoms with van der Waals surface area (Å²) >= 11 is 0. The molecule has 1 saturated carbocycles. The van der Waals surface area contributed by atoms with Gasteiger partial charge in [0.15, 0.2) is 0 Å². The summed E-state index contributed by atoms with van der Waals surface area (Å²) in [6.07, 6.45) is 3.98. The molecule has 0 saturated heterocycles. The van der Waals surface area contributed by atoms with Crippen LogP contribution in [0.25, 0.3) is 11.1 Å². The van der Waals surface area contributed by atoms with E-state index in [1.807, 2.05) is 25.1 Å². The average molecular weight is 526 g/mol. The lowest BCUT2D eigenvalue weighted by Crippen LogP contribution is -2.08. The van der Waals surface area contributed by atoms with Crippen molar-refractivity contribution in [2.75, 3.05) is 18.6 Å². The summed E-state index contributed by atoms with van der Waals surface area (Å²) < 4.78 is 48.6. The van der Waals surface area contributed by atoms with Crippen molar-refractivity contribution < 1.29 is 32.2 Å². The van der Waals surface area contributed by atoms with E-state index in [9.17, 15) is 22.7 Å². The number of hydrogen-bond donors (Lipinski definition) is 1. The summed E-state index contributed by atoms with van der Waals surface area (Å²) in [6.45, 7) is 2.21. The first-order chi connectivity index (χ1) is 17.6. The molecule has 0 radical (unpaired) electrons. The number of sulfone groups is 1. The molecule has 0 amide bonds. The van der Waals surface area contributed by atoms with Gasteiger partial charge in [-0.1, -0.05) is 12.1 Å². The van der Waals surface area contributed by atoms with Crippen molar-refractivity contribution in [3.05, 3.63) is 76.7 Å². The summed E-state index contributed by atoms with van der Waals surface area (Å²) in [5, 5.41) is 9.29. The van der Waals surface area contributed by atoms with E-state index in [0.29, 0.717) is 23.6 Å². The molecular formula is C28H28FNO6S. The van der Waals surface area contributed by atoms with Gasteiger partial charge in [-0.05, 0) is 72.2 Å². The second-order valence-corrected chi connectivity index (χ2v) is 12.1. The van der Waals surface area contributed by atoms with Gasteiger partial charge in [0.25, 0.3) is 0 Å². The maximum Gasteiger partial charge on any atom is 0.307 e. The number of aromatic nitrogens is 1. The van der Waals surface area contributed by atoms with Crippen LogP contribution in [0, 0.1) is 24.6 Å². The Hall–Kier alpha value is -3.46. The third-order valence-corrected chi connectivity index (χ3v) is 8.16. The Labute approximate surface area is 215 Å². The Kier molecular flexibility index (Phi) is 6.66. The quantitative estimate of drug-likeness (QED) is 0.387. The zero-order valence-corrected chi connectivity index (χ0v) is 21.4. The van der Waals surface area contributed by atoms with E-state index < -0.39 is 15.8 Å². The summed E-state index contributed by atoms with van der Waals surface area (Å²) in [5.74, 6) is 0.0170. The number of carboxylic acid groups (broad SMARTS) is 1. The van der Waals surface area contributed by atoms with Gasteiger partial charge in [0.1, 0.15) is 28.0 Å². The number of pyridine rings is 1. The van der Waals surface area contributed by atoms with Crippen molar-refractivity contribution >= 4 is 15.8 Å². The lowest BCUT2D eigenvalue weighted by molar-refractivity contribution is -0.139. The molecule has 1 aromatic heterocycles. The Balaban J connectivity index is 1.23. The SMILES string of the molecule is Cc1cc(OCCCS(C)(=O)=O)ncc1-c1ccc(F)c(COc2ccc3c(c2)C[C@@H]2C3[C@H]2C(=O)O)c1. The number of carbonyl (C=O) groups is 1. The molecule has 2 aromatic carbocycles. The molecule has 1 N–H and O–H groups in total. The van der Waals surface area contributed by atoms with E-state index in [1.54, 1.807) is 24.4 Å². The topological polar surface area (TPSA) is 103 Å². The highest BCUT2D eigenvalue weighted by atomic mass is 32.2. The second-order valence-electron chi connectivity index (χ2n) is 9.88. The molecule has 2 aliphatic rings. The summed E-state index contributed by atoms with van der Waals surface area (Å²) in [6, 6.07) is 12.3. The molecular weight excluding hydrogens is 497 g/mol. The van der Waals surface area contributed by atoms with Crippen molar-refractivity contribution in [1.29, 1.82) is 0 Å². The Morgan fingerprint density at radius 3 is 2.70 bits per heavy atom. The molecule has 0 spiro atoms. The highest BCUT2D eigenvalue weighted by molar-refractivity contribution is 7.90. The number of benzene rings is 2. The van der Waals surface area contributed by atoms with E-state index in [4.69, 9.17) is 9.47 Å². The van der Waals surface area contributed by atoms with Gasteiger partial charge in [-0.25, -0.2) is 17.8 Å². The van der Waals surface area contributed by atoms with Crippen molar-refractivity contribution in [3.63, 3.8) is 0 Å². The number of carboxylic acids is 1. The highest BCUT2D eigenvalue weighted by Crippen LogP contribution is 2.61. The molecule has 3 atom stereocenters. The van der Waals surface area contributed by atoms with Crippen LogP contribution in [0.5, 0.6) is 11.6 Å². The molecule has 0 aliphatic heterocycles. The van der Waals surface area contributed by atoms with Crippen LogP contribution in [0.15, 0.2) is 48.7 Å². The van der Waals surface area contributed by atoms with Crippen LogP contribution in [0.3, 0.4) is 0 Å². The maximum absolute atomic E-state index is 14.6. The molecule has 1 unspecified atom stereocenters. The molecule has 7 nitrogen and oxygen atoms in total. The molecule has 37 heavy (non-hydrogen) atoms. The van der Waals surface area contributed by atoms with Crippen LogP contribution in [0.2, 0.25) is 0 Å². The van der Waals surface area contributed by atoms with Crippen LogP contribution in [0.4, 0.5) is 4.39 Å². The normalized spacial score (nSPS) is 19.7. The van der Waals surface area contributed by atoms with Gasteiger partial charge in [0, 0.05) is 35.6 Å². The zero-order valence-electron chi connectivity index (χ0n) is 20.6. The monoisotopic (exact) mass is 525 g/mol. The van der Waals surface area contributed by atoms with Crippen molar-refractivity contribution in [2.24, 2.45) is 11.8 Å². The highest BCUT2D eigenvalue weighted by Gasteiger charge is 2.59. The molecule has 1 fully saturated rings. The van der Waals surface area contributed by atoms with E-state index in [0.717, 1.165) is 34.2 Å². The third kappa shape index (κ3) is 5.46. The average Bonchev–Trinajstić information content (AvgIpc) is 3.43. The maximum atomic E-state index is 14.6. The van der Waals surface area contributed by atoms with Gasteiger partial charge >= 0.3 is 5.97 Å². The molecule has 5 rings (SSSR count). The minimum Gasteiger partial charge on any atom is -0.489 e. The minimum absolute atomic E-state index is 0.0527. The Bertz CT molecular complexity index is 1470. The van der Waals surface area contributed by atoms with Gasteiger partial charge < -0.3 is 14.6 Å². The smallest absolute Gasteiger partial charge is 0.307 e. The predicted molar refractivity (Wildman–Crippen MR) is 136 cm³/mol. The van der Waals surface area contributed by atoms with Gasteiger partial charge in [-0.2, -0.15) is 0 Å². The van der Waals surface area contributed by atoms with Gasteiger partial charge in [0.05, 0.1) is 18.3 Å². The fourth-order valence-electron chi connectivity index (χ4n) is 5.24. The first kappa shape index (κ1) is 25.2. The van der Waals surface area contributed by atoms with Crippen LogP contribution >= 0.6 is 0 Å². The van der Waals surface area contributed by atoms with Crippen LogP contribution < -0.4 is 9.47 Å². The number of hydrogen-bond acceptors (Lipinski definition) is 6. The number of halogens is 1. The second kappa shape index (κ2) is 9.78. The van der Waals surface area contributed by atoms with E-state index in [-0.39, 0.29) is 42.5 Å². The Morgan fingerprint density at radius 2 is 1.97 bits per heavy atom. The number of ether oxygens (including phenoxy) is 2. The van der Waals surface area contributed by atoms with Gasteiger partial charge in [-0.3, -0.25) is 4.79 Å². The number of aliphatic carboxylic acids is 1.